The first-order chi connectivity index (χ1) is 12.3. The van der Waals surface area contributed by atoms with E-state index in [0.717, 1.165) is 16.8 Å². The van der Waals surface area contributed by atoms with Crippen LogP contribution in [0.15, 0.2) is 18.2 Å². The van der Waals surface area contributed by atoms with E-state index < -0.39 is 15.1 Å². The molecule has 2 aliphatic rings. The Morgan fingerprint density at radius 1 is 1.23 bits per heavy atom. The normalized spacial score (nSPS) is 26.1. The fourth-order valence-electron chi connectivity index (χ4n) is 3.74. The number of unbranched alkanes of at least 4 members (excludes halogenated alkanes) is 1. The van der Waals surface area contributed by atoms with E-state index in [-0.39, 0.29) is 29.8 Å². The highest BCUT2D eigenvalue weighted by atomic mass is 32.2. The second-order valence-corrected chi connectivity index (χ2v) is 9.42. The summed E-state index contributed by atoms with van der Waals surface area (Å²) in [6.07, 6.45) is 2.05. The van der Waals surface area contributed by atoms with Gasteiger partial charge in [0.25, 0.3) is 0 Å². The third kappa shape index (κ3) is 3.85. The maximum Gasteiger partial charge on any atom is 0.315 e. The van der Waals surface area contributed by atoms with Crippen LogP contribution in [0.2, 0.25) is 0 Å². The van der Waals surface area contributed by atoms with Crippen LogP contribution in [0, 0.1) is 13.8 Å². The van der Waals surface area contributed by atoms with E-state index >= 15 is 0 Å². The molecule has 0 saturated carbocycles. The van der Waals surface area contributed by atoms with Crippen LogP contribution in [-0.4, -0.2) is 43.4 Å². The van der Waals surface area contributed by atoms with E-state index in [2.05, 4.69) is 16.0 Å². The average Bonchev–Trinajstić information content (AvgIpc) is 3.00. The molecule has 7 nitrogen and oxygen atoms in total. The average molecular weight is 379 g/mol. The Labute approximate surface area is 153 Å². The number of benzene rings is 1. The van der Waals surface area contributed by atoms with Crippen molar-refractivity contribution in [3.05, 3.63) is 29.3 Å². The minimum Gasteiger partial charge on any atom is -0.332 e. The van der Waals surface area contributed by atoms with E-state index in [0.29, 0.717) is 25.7 Å². The van der Waals surface area contributed by atoms with Crippen LogP contribution in [0.3, 0.4) is 0 Å². The number of urea groups is 1. The Balaban J connectivity index is 1.47. The zero-order chi connectivity index (χ0) is 18.9. The van der Waals surface area contributed by atoms with Gasteiger partial charge in [0.05, 0.1) is 23.1 Å². The van der Waals surface area contributed by atoms with Crippen molar-refractivity contribution in [2.75, 3.05) is 11.1 Å². The van der Waals surface area contributed by atoms with Crippen LogP contribution in [-0.2, 0) is 14.6 Å². The molecule has 3 amide bonds. The molecule has 3 rings (SSSR count). The largest absolute Gasteiger partial charge is 0.332 e. The summed E-state index contributed by atoms with van der Waals surface area (Å²) in [6.45, 7) is 3.97. The van der Waals surface area contributed by atoms with Crippen molar-refractivity contribution in [1.82, 2.24) is 10.6 Å². The van der Waals surface area contributed by atoms with Gasteiger partial charge in [0.15, 0.2) is 9.84 Å². The maximum atomic E-state index is 12.3. The van der Waals surface area contributed by atoms with Crippen LogP contribution in [0.25, 0.3) is 0 Å². The molecule has 3 atom stereocenters. The van der Waals surface area contributed by atoms with E-state index in [1.165, 1.54) is 0 Å². The lowest BCUT2D eigenvalue weighted by molar-refractivity contribution is -0.116. The molecule has 2 heterocycles. The standard InChI is InChI=1S/C18H25N3O4S/c1-11-6-5-7-13(12(11)2)19-16(22)9-4-3-8-15-17-14(10-26(15,24)25)20-18(23)21-17/h5-7,14-15,17H,3-4,8-10H2,1-2H3,(H,19,22)(H2,20,21,23)/t14-,15+,17+/m0/s1. The van der Waals surface area contributed by atoms with Gasteiger partial charge in [0.1, 0.15) is 0 Å². The number of aryl methyl sites for hydroxylation is 1. The van der Waals surface area contributed by atoms with Crippen LogP contribution in [0.4, 0.5) is 10.5 Å². The Morgan fingerprint density at radius 3 is 2.77 bits per heavy atom. The first-order valence-electron chi connectivity index (χ1n) is 8.92. The number of nitrogens with one attached hydrogen (secondary N) is 3. The topological polar surface area (TPSA) is 104 Å². The first kappa shape index (κ1) is 18.7. The molecule has 2 saturated heterocycles. The summed E-state index contributed by atoms with van der Waals surface area (Å²) in [5.41, 5.74) is 2.99. The van der Waals surface area contributed by atoms with Gasteiger partial charge in [-0.1, -0.05) is 18.6 Å². The van der Waals surface area contributed by atoms with E-state index in [9.17, 15) is 18.0 Å². The second-order valence-electron chi connectivity index (χ2n) is 7.16. The highest BCUT2D eigenvalue weighted by molar-refractivity contribution is 7.92. The van der Waals surface area contributed by atoms with Crippen LogP contribution >= 0.6 is 0 Å². The van der Waals surface area contributed by atoms with Gasteiger partial charge in [-0.3, -0.25) is 4.79 Å². The molecule has 26 heavy (non-hydrogen) atoms. The van der Waals surface area contributed by atoms with Crippen molar-refractivity contribution in [3.63, 3.8) is 0 Å². The van der Waals surface area contributed by atoms with E-state index in [1.807, 2.05) is 32.0 Å². The Morgan fingerprint density at radius 2 is 2.00 bits per heavy atom. The molecule has 0 radical (unpaired) electrons. The lowest BCUT2D eigenvalue weighted by Gasteiger charge is -2.16. The van der Waals surface area contributed by atoms with Crippen LogP contribution < -0.4 is 16.0 Å². The predicted molar refractivity (Wildman–Crippen MR) is 99.8 cm³/mol. The molecule has 3 N–H and O–H groups in total. The monoisotopic (exact) mass is 379 g/mol. The Bertz CT molecular complexity index is 822. The van der Waals surface area contributed by atoms with Gasteiger partial charge in [0.2, 0.25) is 5.91 Å². The highest BCUT2D eigenvalue weighted by Gasteiger charge is 2.51. The van der Waals surface area contributed by atoms with Crippen molar-refractivity contribution in [1.29, 1.82) is 0 Å². The second kappa shape index (κ2) is 7.26. The van der Waals surface area contributed by atoms with Gasteiger partial charge < -0.3 is 16.0 Å². The number of fused-ring (bicyclic) bond motifs is 1. The van der Waals surface area contributed by atoms with Crippen molar-refractivity contribution >= 4 is 27.5 Å². The van der Waals surface area contributed by atoms with Gasteiger partial charge in [-0.25, -0.2) is 13.2 Å². The molecule has 142 valence electrons. The zero-order valence-corrected chi connectivity index (χ0v) is 15.9. The molecule has 0 aliphatic carbocycles. The zero-order valence-electron chi connectivity index (χ0n) is 15.0. The molecular formula is C18H25N3O4S. The van der Waals surface area contributed by atoms with Crippen LogP contribution in [0.1, 0.15) is 36.8 Å². The Hall–Kier alpha value is -2.09. The third-order valence-electron chi connectivity index (χ3n) is 5.34. The van der Waals surface area contributed by atoms with Crippen molar-refractivity contribution < 1.29 is 18.0 Å². The SMILES string of the molecule is Cc1cccc(NC(=O)CCCC[C@@H]2[C@@H]3NC(=O)N[C@H]3CS2(=O)=O)c1C. The lowest BCUT2D eigenvalue weighted by Crippen LogP contribution is -2.39. The van der Waals surface area contributed by atoms with Crippen molar-refractivity contribution in [3.8, 4) is 0 Å². The van der Waals surface area contributed by atoms with Gasteiger partial charge in [0, 0.05) is 12.1 Å². The van der Waals surface area contributed by atoms with Gasteiger partial charge in [-0.15, -0.1) is 0 Å². The maximum absolute atomic E-state index is 12.3. The summed E-state index contributed by atoms with van der Waals surface area (Å²) >= 11 is 0. The lowest BCUT2D eigenvalue weighted by atomic mass is 10.0. The number of rotatable bonds is 6. The van der Waals surface area contributed by atoms with Gasteiger partial charge in [-0.2, -0.15) is 0 Å². The summed E-state index contributed by atoms with van der Waals surface area (Å²) in [5.74, 6) is -0.0736. The highest BCUT2D eigenvalue weighted by Crippen LogP contribution is 2.28. The molecule has 0 aromatic heterocycles. The number of carbonyl (C=O) groups excluding carboxylic acids is 2. The van der Waals surface area contributed by atoms with E-state index in [4.69, 9.17) is 0 Å². The summed E-state index contributed by atoms with van der Waals surface area (Å²) in [7, 11) is -3.21. The smallest absolute Gasteiger partial charge is 0.315 e. The Kier molecular flexibility index (Phi) is 5.22. The molecule has 0 spiro atoms. The molecule has 1 aromatic carbocycles. The fourth-order valence-corrected chi connectivity index (χ4v) is 6.00. The summed E-state index contributed by atoms with van der Waals surface area (Å²) in [4.78, 5) is 23.5. The van der Waals surface area contributed by atoms with Gasteiger partial charge in [-0.05, 0) is 43.9 Å². The number of hydrogen-bond donors (Lipinski definition) is 3. The van der Waals surface area contributed by atoms with Gasteiger partial charge >= 0.3 is 6.03 Å². The molecule has 1 aromatic rings. The summed E-state index contributed by atoms with van der Waals surface area (Å²) in [6, 6.07) is 4.80. The minimum atomic E-state index is -3.21. The van der Waals surface area contributed by atoms with Crippen LogP contribution in [0.5, 0.6) is 0 Å². The predicted octanol–water partition coefficient (Wildman–Crippen LogP) is 1.65. The number of carbonyl (C=O) groups is 2. The molecule has 2 aliphatic heterocycles. The fraction of sp³-hybridized carbons (Fsp3) is 0.556. The number of hydrogen-bond acceptors (Lipinski definition) is 4. The summed E-state index contributed by atoms with van der Waals surface area (Å²) < 4.78 is 24.5. The number of anilines is 1. The molecule has 0 unspecified atom stereocenters. The summed E-state index contributed by atoms with van der Waals surface area (Å²) in [5, 5.41) is 7.71. The quantitative estimate of drug-likeness (QED) is 0.516. The van der Waals surface area contributed by atoms with E-state index in [1.54, 1.807) is 0 Å². The molecular weight excluding hydrogens is 354 g/mol. The third-order valence-corrected chi connectivity index (χ3v) is 7.62. The number of amides is 3. The minimum absolute atomic E-state index is 0.00576. The molecule has 8 heteroatoms. The first-order valence-corrected chi connectivity index (χ1v) is 10.6. The molecule has 0 bridgehead atoms. The molecule has 2 fully saturated rings. The number of sulfone groups is 1. The van der Waals surface area contributed by atoms with Crippen molar-refractivity contribution in [2.24, 2.45) is 0 Å². The van der Waals surface area contributed by atoms with Crippen molar-refractivity contribution in [2.45, 2.75) is 56.9 Å².